The molecule has 1 aliphatic heterocycles. The highest BCUT2D eigenvalue weighted by molar-refractivity contribution is 6.20. The fourth-order valence-electron chi connectivity index (χ4n) is 1.61. The second kappa shape index (κ2) is 3.73. The van der Waals surface area contributed by atoms with Gasteiger partial charge >= 0.3 is 5.97 Å². The van der Waals surface area contributed by atoms with Crippen LogP contribution in [0.15, 0.2) is 18.5 Å². The lowest BCUT2D eigenvalue weighted by molar-refractivity contribution is -0.136. The molecule has 0 fully saturated rings. The third-order valence-corrected chi connectivity index (χ3v) is 2.30. The minimum Gasteiger partial charge on any atom is -0.480 e. The number of fused-ring (bicyclic) bond motifs is 1. The van der Waals surface area contributed by atoms with E-state index in [1.807, 2.05) is 0 Å². The Morgan fingerprint density at radius 2 is 2.25 bits per heavy atom. The molecule has 1 aromatic heterocycles. The molecule has 1 aromatic rings. The SMILES string of the molecule is O=C(O)CN1C(=O)CC(=O)c2cnccc21. The molecule has 0 aromatic carbocycles. The lowest BCUT2D eigenvalue weighted by Gasteiger charge is -2.26. The van der Waals surface area contributed by atoms with Gasteiger partial charge in [0.1, 0.15) is 6.54 Å². The molecular formula is C10H8N2O4. The van der Waals surface area contributed by atoms with Gasteiger partial charge in [0, 0.05) is 12.4 Å². The third-order valence-electron chi connectivity index (χ3n) is 2.30. The fourth-order valence-corrected chi connectivity index (χ4v) is 1.61. The number of aliphatic carboxylic acids is 1. The Balaban J connectivity index is 2.46. The number of carbonyl (C=O) groups is 3. The number of pyridine rings is 1. The summed E-state index contributed by atoms with van der Waals surface area (Å²) in [5, 5.41) is 8.68. The van der Waals surface area contributed by atoms with Crippen molar-refractivity contribution in [3.05, 3.63) is 24.0 Å². The number of Topliss-reactive ketones (excluding diaryl/α,β-unsaturated/α-hetero) is 1. The number of nitrogens with zero attached hydrogens (tertiary/aromatic N) is 2. The van der Waals surface area contributed by atoms with Gasteiger partial charge in [-0.2, -0.15) is 0 Å². The van der Waals surface area contributed by atoms with Crippen molar-refractivity contribution in [3.63, 3.8) is 0 Å². The molecule has 6 heteroatoms. The number of hydrogen-bond donors (Lipinski definition) is 1. The van der Waals surface area contributed by atoms with Gasteiger partial charge in [-0.1, -0.05) is 0 Å². The van der Waals surface area contributed by atoms with Crippen LogP contribution >= 0.6 is 0 Å². The van der Waals surface area contributed by atoms with Gasteiger partial charge in [-0.3, -0.25) is 24.3 Å². The first-order valence-electron chi connectivity index (χ1n) is 4.59. The van der Waals surface area contributed by atoms with Crippen LogP contribution in [-0.4, -0.2) is 34.3 Å². The van der Waals surface area contributed by atoms with E-state index in [0.29, 0.717) is 11.3 Å². The molecule has 0 unspecified atom stereocenters. The van der Waals surface area contributed by atoms with Gasteiger partial charge < -0.3 is 5.11 Å². The Morgan fingerprint density at radius 3 is 2.94 bits per heavy atom. The maximum absolute atomic E-state index is 11.5. The van der Waals surface area contributed by atoms with E-state index >= 15 is 0 Å². The molecule has 82 valence electrons. The van der Waals surface area contributed by atoms with Crippen LogP contribution in [0.4, 0.5) is 5.69 Å². The average Bonchev–Trinajstić information content (AvgIpc) is 2.24. The van der Waals surface area contributed by atoms with Crippen LogP contribution in [0.1, 0.15) is 16.8 Å². The van der Waals surface area contributed by atoms with E-state index in [9.17, 15) is 14.4 Å². The third kappa shape index (κ3) is 1.65. The van der Waals surface area contributed by atoms with Gasteiger partial charge in [0.2, 0.25) is 5.91 Å². The summed E-state index contributed by atoms with van der Waals surface area (Å²) in [6, 6.07) is 1.47. The summed E-state index contributed by atoms with van der Waals surface area (Å²) in [4.78, 5) is 38.5. The van der Waals surface area contributed by atoms with Gasteiger partial charge in [-0.05, 0) is 6.07 Å². The van der Waals surface area contributed by atoms with Crippen molar-refractivity contribution in [1.29, 1.82) is 0 Å². The van der Waals surface area contributed by atoms with Crippen LogP contribution in [0.25, 0.3) is 0 Å². The minimum atomic E-state index is -1.12. The van der Waals surface area contributed by atoms with E-state index in [2.05, 4.69) is 4.98 Å². The Bertz CT molecular complexity index is 483. The topological polar surface area (TPSA) is 87.6 Å². The number of anilines is 1. The molecule has 1 aliphatic rings. The summed E-state index contributed by atoms with van der Waals surface area (Å²) >= 11 is 0. The molecule has 0 atom stereocenters. The highest BCUT2D eigenvalue weighted by atomic mass is 16.4. The number of rotatable bonds is 2. The number of carboxylic acid groups (broad SMARTS) is 1. The standard InChI is InChI=1S/C10H8N2O4/c13-8-3-9(14)12(5-10(15)16)7-1-2-11-4-6(7)8/h1-2,4H,3,5H2,(H,15,16). The predicted octanol–water partition coefficient (Wildman–Crippen LogP) is 0.0856. The molecule has 2 heterocycles. The van der Waals surface area contributed by atoms with E-state index in [1.165, 1.54) is 18.5 Å². The number of carbonyl (C=O) groups excluding carboxylic acids is 2. The molecule has 6 nitrogen and oxygen atoms in total. The van der Waals surface area contributed by atoms with Crippen molar-refractivity contribution in [2.24, 2.45) is 0 Å². The van der Waals surface area contributed by atoms with Gasteiger partial charge in [0.25, 0.3) is 0 Å². The quantitative estimate of drug-likeness (QED) is 0.713. The van der Waals surface area contributed by atoms with Gasteiger partial charge in [-0.15, -0.1) is 0 Å². The van der Waals surface area contributed by atoms with Crippen molar-refractivity contribution >= 4 is 23.3 Å². The van der Waals surface area contributed by atoms with E-state index < -0.39 is 18.4 Å². The molecule has 0 aliphatic carbocycles. The van der Waals surface area contributed by atoms with Gasteiger partial charge in [0.05, 0.1) is 17.7 Å². The van der Waals surface area contributed by atoms with E-state index in [-0.39, 0.29) is 12.2 Å². The molecule has 1 amide bonds. The summed E-state index contributed by atoms with van der Waals surface area (Å²) in [5.41, 5.74) is 0.613. The lowest BCUT2D eigenvalue weighted by atomic mass is 10.0. The second-order valence-corrected chi connectivity index (χ2v) is 3.37. The Hall–Kier alpha value is -2.24. The van der Waals surface area contributed by atoms with Crippen molar-refractivity contribution in [2.75, 3.05) is 11.4 Å². The highest BCUT2D eigenvalue weighted by Gasteiger charge is 2.30. The largest absolute Gasteiger partial charge is 0.480 e. The maximum atomic E-state index is 11.5. The Kier molecular flexibility index (Phi) is 2.40. The Morgan fingerprint density at radius 1 is 1.50 bits per heavy atom. The number of ketones is 1. The molecule has 0 bridgehead atoms. The van der Waals surface area contributed by atoms with E-state index in [0.717, 1.165) is 4.90 Å². The normalized spacial score (nSPS) is 14.9. The van der Waals surface area contributed by atoms with Crippen molar-refractivity contribution in [3.8, 4) is 0 Å². The monoisotopic (exact) mass is 220 g/mol. The number of amides is 1. The lowest BCUT2D eigenvalue weighted by Crippen LogP contribution is -2.40. The van der Waals surface area contributed by atoms with Crippen molar-refractivity contribution in [2.45, 2.75) is 6.42 Å². The second-order valence-electron chi connectivity index (χ2n) is 3.37. The molecule has 2 rings (SSSR count). The minimum absolute atomic E-state index is 0.295. The number of hydrogen-bond acceptors (Lipinski definition) is 4. The molecule has 0 saturated heterocycles. The van der Waals surface area contributed by atoms with Crippen LogP contribution in [0, 0.1) is 0 Å². The first-order valence-corrected chi connectivity index (χ1v) is 4.59. The zero-order valence-electron chi connectivity index (χ0n) is 8.21. The average molecular weight is 220 g/mol. The number of carboxylic acids is 1. The predicted molar refractivity (Wildman–Crippen MR) is 53.2 cm³/mol. The first-order chi connectivity index (χ1) is 7.59. The van der Waals surface area contributed by atoms with Gasteiger partial charge in [0.15, 0.2) is 5.78 Å². The van der Waals surface area contributed by atoms with Crippen LogP contribution in [0.2, 0.25) is 0 Å². The molecule has 16 heavy (non-hydrogen) atoms. The summed E-state index contributed by atoms with van der Waals surface area (Å²) in [6.45, 7) is -0.441. The fraction of sp³-hybridized carbons (Fsp3) is 0.200. The summed E-state index contributed by atoms with van der Waals surface area (Å²) < 4.78 is 0. The van der Waals surface area contributed by atoms with Crippen molar-refractivity contribution in [1.82, 2.24) is 4.98 Å². The van der Waals surface area contributed by atoms with Crippen LogP contribution in [0.3, 0.4) is 0 Å². The first kappa shape index (κ1) is 10.3. The molecule has 0 saturated carbocycles. The van der Waals surface area contributed by atoms with Crippen LogP contribution in [-0.2, 0) is 9.59 Å². The van der Waals surface area contributed by atoms with E-state index in [4.69, 9.17) is 5.11 Å². The molecule has 0 spiro atoms. The number of aromatic nitrogens is 1. The zero-order valence-corrected chi connectivity index (χ0v) is 8.21. The Labute approximate surface area is 90.5 Å². The van der Waals surface area contributed by atoms with Crippen molar-refractivity contribution < 1.29 is 19.5 Å². The smallest absolute Gasteiger partial charge is 0.323 e. The zero-order chi connectivity index (χ0) is 11.7. The summed E-state index contributed by atoms with van der Waals surface area (Å²) in [7, 11) is 0. The molecule has 0 radical (unpaired) electrons. The van der Waals surface area contributed by atoms with Gasteiger partial charge in [-0.25, -0.2) is 0 Å². The summed E-state index contributed by atoms with van der Waals surface area (Å²) in [5.74, 6) is -1.94. The summed E-state index contributed by atoms with van der Waals surface area (Å²) in [6.07, 6.45) is 2.46. The maximum Gasteiger partial charge on any atom is 0.323 e. The van der Waals surface area contributed by atoms with Crippen LogP contribution < -0.4 is 4.90 Å². The van der Waals surface area contributed by atoms with E-state index in [1.54, 1.807) is 0 Å². The molecule has 1 N–H and O–H groups in total. The highest BCUT2D eigenvalue weighted by Crippen LogP contribution is 2.26. The van der Waals surface area contributed by atoms with Crippen LogP contribution in [0.5, 0.6) is 0 Å². The molecular weight excluding hydrogens is 212 g/mol.